The molecule has 0 aliphatic heterocycles. The van der Waals surface area contributed by atoms with Crippen molar-refractivity contribution in [2.75, 3.05) is 6.61 Å². The van der Waals surface area contributed by atoms with Gasteiger partial charge < -0.3 is 10.7 Å². The van der Waals surface area contributed by atoms with Crippen LogP contribution < -0.4 is 11.2 Å². The number of nitrogens with zero attached hydrogens (tertiary/aromatic N) is 1. The quantitative estimate of drug-likeness (QED) is 0.404. The van der Waals surface area contributed by atoms with Crippen LogP contribution in [-0.4, -0.2) is 22.6 Å². The van der Waals surface area contributed by atoms with Crippen LogP contribution in [0.1, 0.15) is 23.6 Å². The maximum Gasteiger partial charge on any atom is 0.336 e. The van der Waals surface area contributed by atoms with Crippen molar-refractivity contribution in [3.8, 4) is 0 Å². The third kappa shape index (κ3) is 4.20. The number of urea groups is 1. The van der Waals surface area contributed by atoms with E-state index in [1.54, 1.807) is 6.33 Å². The number of nitrogens with two attached hydrogens (primary N) is 1. The maximum atomic E-state index is 10.5. The van der Waals surface area contributed by atoms with Crippen LogP contribution in [0.5, 0.6) is 0 Å². The normalized spacial score (nSPS) is 12.1. The Morgan fingerprint density at radius 2 is 2.20 bits per heavy atom. The van der Waals surface area contributed by atoms with E-state index >= 15 is 0 Å². The van der Waals surface area contributed by atoms with Gasteiger partial charge >= 0.3 is 6.03 Å². The summed E-state index contributed by atoms with van der Waals surface area (Å²) in [6.07, 6.45) is 4.20. The van der Waals surface area contributed by atoms with Crippen LogP contribution in [0.2, 0.25) is 0 Å². The Bertz CT molecular complexity index is 542. The fourth-order valence-corrected chi connectivity index (χ4v) is 2.30. The maximum absolute atomic E-state index is 10.5. The second-order valence-electron chi connectivity index (χ2n) is 4.20. The molecule has 0 fully saturated rings. The molecule has 20 heavy (non-hydrogen) atoms. The van der Waals surface area contributed by atoms with Crippen molar-refractivity contribution in [2.45, 2.75) is 12.3 Å². The predicted molar refractivity (Wildman–Crippen MR) is 82.9 cm³/mol. The number of hydrogen-bond donors (Lipinski definition) is 3. The van der Waals surface area contributed by atoms with Gasteiger partial charge in [-0.05, 0) is 46.7 Å². The van der Waals surface area contributed by atoms with Crippen LogP contribution in [0, 0.1) is 3.57 Å². The number of aromatic amines is 1. The van der Waals surface area contributed by atoms with Gasteiger partial charge in [0.05, 0.1) is 18.6 Å². The number of halogens is 1. The third-order valence-corrected chi connectivity index (χ3v) is 3.55. The summed E-state index contributed by atoms with van der Waals surface area (Å²) >= 11 is 2.27. The van der Waals surface area contributed by atoms with Crippen LogP contribution in [-0.2, 0) is 4.84 Å². The molecule has 0 saturated heterocycles. The van der Waals surface area contributed by atoms with Crippen molar-refractivity contribution >= 4 is 28.6 Å². The van der Waals surface area contributed by atoms with Gasteiger partial charge in [0.25, 0.3) is 0 Å². The van der Waals surface area contributed by atoms with Gasteiger partial charge in [0.2, 0.25) is 0 Å². The smallest absolute Gasteiger partial charge is 0.336 e. The molecule has 2 amide bonds. The number of H-pyrrole nitrogens is 1. The Labute approximate surface area is 130 Å². The van der Waals surface area contributed by atoms with Gasteiger partial charge in [-0.1, -0.05) is 12.1 Å². The fourth-order valence-electron chi connectivity index (χ4n) is 1.94. The number of benzene rings is 1. The van der Waals surface area contributed by atoms with E-state index < -0.39 is 6.03 Å². The van der Waals surface area contributed by atoms with Crippen LogP contribution in [0.15, 0.2) is 36.8 Å². The molecule has 0 spiro atoms. The van der Waals surface area contributed by atoms with Gasteiger partial charge in [0, 0.05) is 15.7 Å². The van der Waals surface area contributed by atoms with Gasteiger partial charge in [-0.3, -0.25) is 4.84 Å². The summed E-state index contributed by atoms with van der Waals surface area (Å²) in [7, 11) is 0. The number of amides is 2. The van der Waals surface area contributed by atoms with E-state index in [-0.39, 0.29) is 5.92 Å². The molecule has 1 unspecified atom stereocenters. The summed E-state index contributed by atoms with van der Waals surface area (Å²) in [4.78, 5) is 22.8. The van der Waals surface area contributed by atoms with Crippen LogP contribution in [0.25, 0.3) is 0 Å². The van der Waals surface area contributed by atoms with E-state index in [0.717, 1.165) is 11.3 Å². The molecule has 2 rings (SSSR count). The standard InChI is InChI=1S/C13H15IN4O2/c14-10-3-1-9(2-4-10)11(12-7-16-8-17-12)5-6-20-18-13(15)19/h1-4,7-8,11H,5-6H2,(H,16,17)(H3,15,18,19). The van der Waals surface area contributed by atoms with Crippen molar-refractivity contribution in [3.63, 3.8) is 0 Å². The second-order valence-corrected chi connectivity index (χ2v) is 5.45. The SMILES string of the molecule is NC(=O)NOCCC(c1ccc(I)cc1)c1c[nH]cn1. The molecule has 1 atom stereocenters. The molecule has 6 nitrogen and oxygen atoms in total. The molecule has 106 valence electrons. The Morgan fingerprint density at radius 1 is 1.45 bits per heavy atom. The largest absolute Gasteiger partial charge is 0.351 e. The van der Waals surface area contributed by atoms with Gasteiger partial charge in [-0.25, -0.2) is 15.3 Å². The number of carbonyl (C=O) groups is 1. The van der Waals surface area contributed by atoms with Gasteiger partial charge in [0.1, 0.15) is 0 Å². The minimum absolute atomic E-state index is 0.105. The summed E-state index contributed by atoms with van der Waals surface area (Å²) < 4.78 is 1.18. The minimum atomic E-state index is -0.699. The van der Waals surface area contributed by atoms with Gasteiger partial charge in [-0.15, -0.1) is 0 Å². The zero-order chi connectivity index (χ0) is 14.4. The van der Waals surface area contributed by atoms with E-state index in [0.29, 0.717) is 13.0 Å². The van der Waals surface area contributed by atoms with Gasteiger partial charge in [-0.2, -0.15) is 0 Å². The van der Waals surface area contributed by atoms with E-state index in [1.807, 2.05) is 6.20 Å². The lowest BCUT2D eigenvalue weighted by Crippen LogP contribution is -2.30. The highest BCUT2D eigenvalue weighted by Gasteiger charge is 2.16. The highest BCUT2D eigenvalue weighted by Crippen LogP contribution is 2.26. The number of aromatic nitrogens is 2. The summed E-state index contributed by atoms with van der Waals surface area (Å²) in [5, 5.41) is 0. The van der Waals surface area contributed by atoms with Crippen molar-refractivity contribution < 1.29 is 9.63 Å². The average molecular weight is 386 g/mol. The number of rotatable bonds is 6. The number of hydroxylamine groups is 1. The molecule has 2 aromatic rings. The first-order valence-corrected chi connectivity index (χ1v) is 7.16. The molecule has 1 aromatic heterocycles. The average Bonchev–Trinajstić information content (AvgIpc) is 2.94. The van der Waals surface area contributed by atoms with Crippen LogP contribution >= 0.6 is 22.6 Å². The number of primary amides is 1. The first-order valence-electron chi connectivity index (χ1n) is 6.08. The number of hydrogen-bond acceptors (Lipinski definition) is 3. The summed E-state index contributed by atoms with van der Waals surface area (Å²) in [5.41, 5.74) is 9.15. The molecule has 7 heteroatoms. The Hall–Kier alpha value is -1.61. The zero-order valence-electron chi connectivity index (χ0n) is 10.7. The first-order chi connectivity index (χ1) is 9.66. The summed E-state index contributed by atoms with van der Waals surface area (Å²) in [6, 6.07) is 7.55. The molecule has 0 aliphatic rings. The summed E-state index contributed by atoms with van der Waals surface area (Å²) in [5.74, 6) is 0.105. The van der Waals surface area contributed by atoms with Crippen LogP contribution in [0.3, 0.4) is 0 Å². The second kappa shape index (κ2) is 7.25. The van der Waals surface area contributed by atoms with Crippen molar-refractivity contribution in [1.82, 2.24) is 15.4 Å². The zero-order valence-corrected chi connectivity index (χ0v) is 12.8. The Kier molecular flexibility index (Phi) is 5.36. The monoisotopic (exact) mass is 386 g/mol. The number of imidazole rings is 1. The highest BCUT2D eigenvalue weighted by molar-refractivity contribution is 14.1. The molecule has 1 aromatic carbocycles. The number of nitrogens with one attached hydrogen (secondary N) is 2. The van der Waals surface area contributed by atoms with Crippen molar-refractivity contribution in [1.29, 1.82) is 0 Å². The lowest BCUT2D eigenvalue weighted by atomic mass is 9.93. The van der Waals surface area contributed by atoms with E-state index in [4.69, 9.17) is 10.6 Å². The lowest BCUT2D eigenvalue weighted by molar-refractivity contribution is 0.0609. The topological polar surface area (TPSA) is 93.0 Å². The molecule has 0 aliphatic carbocycles. The third-order valence-electron chi connectivity index (χ3n) is 2.83. The van der Waals surface area contributed by atoms with E-state index in [9.17, 15) is 4.79 Å². The molecule has 4 N–H and O–H groups in total. The Balaban J connectivity index is 2.05. The minimum Gasteiger partial charge on any atom is -0.351 e. The molecular weight excluding hydrogens is 371 g/mol. The van der Waals surface area contributed by atoms with E-state index in [1.165, 1.54) is 3.57 Å². The summed E-state index contributed by atoms with van der Waals surface area (Å²) in [6.45, 7) is 0.354. The molecule has 0 saturated carbocycles. The molecular formula is C13H15IN4O2. The fraction of sp³-hybridized carbons (Fsp3) is 0.231. The molecule has 0 bridgehead atoms. The number of carbonyl (C=O) groups excluding carboxylic acids is 1. The Morgan fingerprint density at radius 3 is 2.80 bits per heavy atom. The van der Waals surface area contributed by atoms with E-state index in [2.05, 4.69) is 62.3 Å². The molecule has 1 heterocycles. The van der Waals surface area contributed by atoms with Gasteiger partial charge in [0.15, 0.2) is 0 Å². The first kappa shape index (κ1) is 14.8. The lowest BCUT2D eigenvalue weighted by Gasteiger charge is -2.15. The van der Waals surface area contributed by atoms with Crippen LogP contribution in [0.4, 0.5) is 4.79 Å². The molecule has 0 radical (unpaired) electrons. The highest BCUT2D eigenvalue weighted by atomic mass is 127. The predicted octanol–water partition coefficient (Wildman–Crippen LogP) is 2.14. The van der Waals surface area contributed by atoms with Crippen molar-refractivity contribution in [2.24, 2.45) is 5.73 Å². The van der Waals surface area contributed by atoms with Crippen molar-refractivity contribution in [3.05, 3.63) is 51.6 Å².